The molecule has 1 saturated heterocycles. The molecule has 5 nitrogen and oxygen atoms in total. The van der Waals surface area contributed by atoms with E-state index in [1.54, 1.807) is 19.1 Å². The van der Waals surface area contributed by atoms with Crippen molar-refractivity contribution in [2.45, 2.75) is 32.7 Å². The van der Waals surface area contributed by atoms with Crippen LogP contribution in [0.1, 0.15) is 23.1 Å². The Kier molecular flexibility index (Phi) is 4.80. The number of methoxy groups -OCH3 is 1. The van der Waals surface area contributed by atoms with E-state index in [4.69, 9.17) is 4.74 Å². The first-order chi connectivity index (χ1) is 10.2. The zero-order chi connectivity index (χ0) is 16.5. The molecule has 122 valence electrons. The highest BCUT2D eigenvalue weighted by molar-refractivity contribution is 7.91. The van der Waals surface area contributed by atoms with E-state index in [0.717, 1.165) is 16.7 Å². The minimum atomic E-state index is -2.99. The Bertz CT molecular complexity index is 682. The highest BCUT2D eigenvalue weighted by atomic mass is 32.2. The average Bonchev–Trinajstić information content (AvgIpc) is 2.81. The Balaban J connectivity index is 2.13. The minimum Gasteiger partial charge on any atom is -0.496 e. The first-order valence-electron chi connectivity index (χ1n) is 7.33. The molecular weight excluding hydrogens is 302 g/mol. The minimum absolute atomic E-state index is 0.0688. The molecule has 1 aromatic carbocycles. The van der Waals surface area contributed by atoms with Gasteiger partial charge in [-0.3, -0.25) is 4.79 Å². The van der Waals surface area contributed by atoms with Crippen LogP contribution in [0.4, 0.5) is 0 Å². The van der Waals surface area contributed by atoms with Crippen LogP contribution in [0, 0.1) is 13.8 Å². The summed E-state index contributed by atoms with van der Waals surface area (Å²) in [6.07, 6.45) is 0.742. The summed E-state index contributed by atoms with van der Waals surface area (Å²) in [4.78, 5) is 14.0. The van der Waals surface area contributed by atoms with Gasteiger partial charge in [0.2, 0.25) is 5.91 Å². The molecule has 0 radical (unpaired) electrons. The molecule has 0 N–H and O–H groups in total. The van der Waals surface area contributed by atoms with Crippen LogP contribution in [0.5, 0.6) is 5.75 Å². The Morgan fingerprint density at radius 1 is 1.32 bits per heavy atom. The van der Waals surface area contributed by atoms with E-state index in [9.17, 15) is 13.2 Å². The summed E-state index contributed by atoms with van der Waals surface area (Å²) in [5.41, 5.74) is 3.06. The number of carbonyl (C=O) groups is 1. The lowest BCUT2D eigenvalue weighted by atomic mass is 10.0. The van der Waals surface area contributed by atoms with Crippen molar-refractivity contribution in [3.63, 3.8) is 0 Å². The molecule has 0 aromatic heterocycles. The molecule has 1 aliphatic rings. The third-order valence-corrected chi connectivity index (χ3v) is 6.14. The third kappa shape index (κ3) is 3.61. The Morgan fingerprint density at radius 2 is 1.95 bits per heavy atom. The number of rotatable bonds is 4. The molecule has 2 rings (SSSR count). The fraction of sp³-hybridized carbons (Fsp3) is 0.562. The van der Waals surface area contributed by atoms with Crippen LogP contribution < -0.4 is 4.74 Å². The lowest BCUT2D eigenvalue weighted by Crippen LogP contribution is -2.38. The fourth-order valence-electron chi connectivity index (χ4n) is 2.75. The summed E-state index contributed by atoms with van der Waals surface area (Å²) in [5, 5.41) is 0. The lowest BCUT2D eigenvalue weighted by molar-refractivity contribution is -0.130. The van der Waals surface area contributed by atoms with Crippen molar-refractivity contribution in [1.29, 1.82) is 0 Å². The van der Waals surface area contributed by atoms with E-state index in [0.29, 0.717) is 12.2 Å². The molecule has 1 unspecified atom stereocenters. The van der Waals surface area contributed by atoms with Crippen LogP contribution >= 0.6 is 0 Å². The van der Waals surface area contributed by atoms with Gasteiger partial charge in [0.05, 0.1) is 25.0 Å². The van der Waals surface area contributed by atoms with Crippen molar-refractivity contribution in [1.82, 2.24) is 4.90 Å². The number of hydrogen-bond donors (Lipinski definition) is 0. The van der Waals surface area contributed by atoms with Crippen LogP contribution in [0.2, 0.25) is 0 Å². The van der Waals surface area contributed by atoms with Crippen molar-refractivity contribution in [2.75, 3.05) is 25.7 Å². The van der Waals surface area contributed by atoms with Crippen molar-refractivity contribution < 1.29 is 17.9 Å². The maximum atomic E-state index is 12.5. The van der Waals surface area contributed by atoms with Gasteiger partial charge in [-0.15, -0.1) is 0 Å². The quantitative estimate of drug-likeness (QED) is 0.841. The van der Waals surface area contributed by atoms with Crippen molar-refractivity contribution in [3.05, 3.63) is 28.8 Å². The smallest absolute Gasteiger partial charge is 0.227 e. The maximum absolute atomic E-state index is 12.5. The van der Waals surface area contributed by atoms with Crippen LogP contribution in [0.25, 0.3) is 0 Å². The summed E-state index contributed by atoms with van der Waals surface area (Å²) in [7, 11) is 0.280. The van der Waals surface area contributed by atoms with E-state index < -0.39 is 9.84 Å². The van der Waals surface area contributed by atoms with Gasteiger partial charge in [0.1, 0.15) is 5.75 Å². The number of carbonyl (C=O) groups excluding carboxylic acids is 1. The molecule has 1 fully saturated rings. The van der Waals surface area contributed by atoms with Gasteiger partial charge in [0.15, 0.2) is 9.84 Å². The van der Waals surface area contributed by atoms with E-state index in [-0.39, 0.29) is 29.9 Å². The third-order valence-electron chi connectivity index (χ3n) is 4.39. The van der Waals surface area contributed by atoms with Gasteiger partial charge in [-0.05, 0) is 37.5 Å². The number of ether oxygens (including phenoxy) is 1. The van der Waals surface area contributed by atoms with Gasteiger partial charge < -0.3 is 9.64 Å². The number of sulfone groups is 1. The molecule has 0 saturated carbocycles. The lowest BCUT2D eigenvalue weighted by Gasteiger charge is -2.24. The molecule has 0 spiro atoms. The second-order valence-corrected chi connectivity index (χ2v) is 8.22. The average molecular weight is 325 g/mol. The van der Waals surface area contributed by atoms with E-state index in [1.807, 2.05) is 26.0 Å². The Hall–Kier alpha value is -1.56. The maximum Gasteiger partial charge on any atom is 0.227 e. The van der Waals surface area contributed by atoms with E-state index >= 15 is 0 Å². The second kappa shape index (κ2) is 6.28. The Labute approximate surface area is 132 Å². The second-order valence-electron chi connectivity index (χ2n) is 5.99. The molecule has 0 aliphatic carbocycles. The molecule has 1 aliphatic heterocycles. The normalized spacial score (nSPS) is 19.9. The highest BCUT2D eigenvalue weighted by Gasteiger charge is 2.32. The first kappa shape index (κ1) is 16.8. The number of likely N-dealkylation sites (N-methyl/N-ethyl adjacent to an activating group) is 1. The van der Waals surface area contributed by atoms with Gasteiger partial charge in [0.25, 0.3) is 0 Å². The number of hydrogen-bond acceptors (Lipinski definition) is 4. The standard InChI is InChI=1S/C16H23NO4S/c1-11-7-13(15(21-4)8-12(11)2)9-16(18)17(3)14-5-6-22(19,20)10-14/h7-8,14H,5-6,9-10H2,1-4H3. The fourth-order valence-corrected chi connectivity index (χ4v) is 4.52. The van der Waals surface area contributed by atoms with Gasteiger partial charge in [-0.25, -0.2) is 8.42 Å². The molecule has 1 amide bonds. The zero-order valence-corrected chi connectivity index (χ0v) is 14.4. The molecule has 1 aromatic rings. The number of aryl methyl sites for hydroxylation is 2. The number of amides is 1. The van der Waals surface area contributed by atoms with E-state index in [1.165, 1.54) is 0 Å². The topological polar surface area (TPSA) is 63.7 Å². The molecule has 6 heteroatoms. The number of nitrogens with zero attached hydrogens (tertiary/aromatic N) is 1. The summed E-state index contributed by atoms with van der Waals surface area (Å²) >= 11 is 0. The first-order valence-corrected chi connectivity index (χ1v) is 9.16. The van der Waals surface area contributed by atoms with Crippen molar-refractivity contribution in [3.8, 4) is 5.75 Å². The van der Waals surface area contributed by atoms with Crippen LogP contribution in [-0.2, 0) is 21.1 Å². The summed E-state index contributed by atoms with van der Waals surface area (Å²) < 4.78 is 28.5. The monoisotopic (exact) mass is 325 g/mol. The highest BCUT2D eigenvalue weighted by Crippen LogP contribution is 2.25. The Morgan fingerprint density at radius 3 is 2.50 bits per heavy atom. The van der Waals surface area contributed by atoms with Gasteiger partial charge in [0, 0.05) is 18.7 Å². The van der Waals surface area contributed by atoms with Gasteiger partial charge >= 0.3 is 0 Å². The molecule has 1 atom stereocenters. The van der Waals surface area contributed by atoms with Gasteiger partial charge in [-0.1, -0.05) is 6.07 Å². The van der Waals surface area contributed by atoms with E-state index in [2.05, 4.69) is 0 Å². The SMILES string of the molecule is COc1cc(C)c(C)cc1CC(=O)N(C)C1CCS(=O)(=O)C1. The summed E-state index contributed by atoms with van der Waals surface area (Å²) in [5.74, 6) is 0.856. The predicted octanol–water partition coefficient (Wildman–Crippen LogP) is 1.50. The predicted molar refractivity (Wildman–Crippen MR) is 86.0 cm³/mol. The van der Waals surface area contributed by atoms with Crippen LogP contribution in [0.15, 0.2) is 12.1 Å². The van der Waals surface area contributed by atoms with Crippen molar-refractivity contribution in [2.24, 2.45) is 0 Å². The zero-order valence-electron chi connectivity index (χ0n) is 13.5. The summed E-state index contributed by atoms with van der Waals surface area (Å²) in [6.45, 7) is 4.00. The molecule has 0 bridgehead atoms. The largest absolute Gasteiger partial charge is 0.496 e. The number of benzene rings is 1. The molecular formula is C16H23NO4S. The molecule has 1 heterocycles. The van der Waals surface area contributed by atoms with Crippen LogP contribution in [-0.4, -0.2) is 50.9 Å². The van der Waals surface area contributed by atoms with Crippen molar-refractivity contribution >= 4 is 15.7 Å². The summed E-state index contributed by atoms with van der Waals surface area (Å²) in [6, 6.07) is 3.68. The van der Waals surface area contributed by atoms with Gasteiger partial charge in [-0.2, -0.15) is 0 Å². The van der Waals surface area contributed by atoms with Crippen LogP contribution in [0.3, 0.4) is 0 Å². The molecule has 22 heavy (non-hydrogen) atoms.